The van der Waals surface area contributed by atoms with Crippen LogP contribution in [0.15, 0.2) is 56.3 Å². The van der Waals surface area contributed by atoms with E-state index in [1.165, 1.54) is 42.9 Å². The van der Waals surface area contributed by atoms with Gasteiger partial charge in [-0.1, -0.05) is 58.9 Å². The molecule has 0 radical (unpaired) electrons. The fourth-order valence-corrected chi connectivity index (χ4v) is 5.04. The van der Waals surface area contributed by atoms with Crippen molar-refractivity contribution in [1.82, 2.24) is 4.68 Å². The van der Waals surface area contributed by atoms with E-state index in [0.29, 0.717) is 0 Å². The molecule has 0 spiro atoms. The van der Waals surface area contributed by atoms with E-state index in [2.05, 4.69) is 21.0 Å². The van der Waals surface area contributed by atoms with Crippen LogP contribution in [0, 0.1) is 10.1 Å². The minimum absolute atomic E-state index is 0.145. The van der Waals surface area contributed by atoms with Crippen LogP contribution in [-0.2, 0) is 0 Å². The second-order valence-corrected chi connectivity index (χ2v) is 9.70. The van der Waals surface area contributed by atoms with E-state index in [9.17, 15) is 15.2 Å². The van der Waals surface area contributed by atoms with Crippen molar-refractivity contribution in [2.24, 2.45) is 10.1 Å². The fraction of sp³-hybridized carbons (Fsp3) is 0.273. The lowest BCUT2D eigenvalue weighted by Gasteiger charge is -2.16. The van der Waals surface area contributed by atoms with Crippen LogP contribution >= 0.6 is 38.9 Å². The standard InChI is InChI=1S/C22H20BrClN4O3S/c23-16-8-6-14(7-9-16)20-13-32-22(26-18-4-2-1-3-5-18)27(20)25-12-15-10-17(24)11-19(21(15)29)28(30)31/h6-13,18,29H,1-5H2. The highest BCUT2D eigenvalue weighted by Crippen LogP contribution is 2.32. The van der Waals surface area contributed by atoms with Crippen LogP contribution in [0.4, 0.5) is 5.69 Å². The molecule has 166 valence electrons. The Hall–Kier alpha value is -2.49. The third-order valence-electron chi connectivity index (χ3n) is 5.29. The summed E-state index contributed by atoms with van der Waals surface area (Å²) in [6.45, 7) is 0. The van der Waals surface area contributed by atoms with Crippen LogP contribution in [0.2, 0.25) is 5.02 Å². The number of nitro benzene ring substituents is 1. The van der Waals surface area contributed by atoms with Crippen LogP contribution in [0.3, 0.4) is 0 Å². The summed E-state index contributed by atoms with van der Waals surface area (Å²) in [4.78, 5) is 16.2. The second kappa shape index (κ2) is 9.97. The quantitative estimate of drug-likeness (QED) is 0.234. The summed E-state index contributed by atoms with van der Waals surface area (Å²) in [5.74, 6) is -0.477. The van der Waals surface area contributed by atoms with Gasteiger partial charge in [-0.05, 0) is 31.0 Å². The van der Waals surface area contributed by atoms with Gasteiger partial charge in [0.25, 0.3) is 0 Å². The Morgan fingerprint density at radius 1 is 1.22 bits per heavy atom. The van der Waals surface area contributed by atoms with Gasteiger partial charge in [0.2, 0.25) is 10.6 Å². The third-order valence-corrected chi connectivity index (χ3v) is 6.86. The summed E-state index contributed by atoms with van der Waals surface area (Å²) >= 11 is 11.0. The van der Waals surface area contributed by atoms with Gasteiger partial charge >= 0.3 is 5.69 Å². The fourth-order valence-electron chi connectivity index (χ4n) is 3.65. The van der Waals surface area contributed by atoms with Gasteiger partial charge in [0.15, 0.2) is 0 Å². The summed E-state index contributed by atoms with van der Waals surface area (Å²) in [6.07, 6.45) is 7.06. The summed E-state index contributed by atoms with van der Waals surface area (Å²) < 4.78 is 2.68. The van der Waals surface area contributed by atoms with Crippen LogP contribution in [0.25, 0.3) is 11.3 Å². The number of hydrogen-bond donors (Lipinski definition) is 1. The van der Waals surface area contributed by atoms with Gasteiger partial charge < -0.3 is 5.11 Å². The minimum Gasteiger partial charge on any atom is -0.502 e. The molecule has 0 saturated heterocycles. The van der Waals surface area contributed by atoms with Crippen molar-refractivity contribution >= 4 is 50.8 Å². The molecule has 1 fully saturated rings. The molecular weight excluding hydrogens is 516 g/mol. The van der Waals surface area contributed by atoms with Gasteiger partial charge in [-0.3, -0.25) is 15.1 Å². The topological polar surface area (TPSA) is 93.0 Å². The Labute approximate surface area is 202 Å². The maximum Gasteiger partial charge on any atom is 0.312 e. The van der Waals surface area contributed by atoms with Crippen molar-refractivity contribution in [1.29, 1.82) is 0 Å². The van der Waals surface area contributed by atoms with E-state index in [1.54, 1.807) is 4.68 Å². The predicted octanol–water partition coefficient (Wildman–Crippen LogP) is 6.36. The van der Waals surface area contributed by atoms with Gasteiger partial charge in [-0.15, -0.1) is 11.3 Å². The first-order chi connectivity index (χ1) is 15.4. The van der Waals surface area contributed by atoms with E-state index >= 15 is 0 Å². The highest BCUT2D eigenvalue weighted by Gasteiger charge is 2.18. The number of phenolic OH excluding ortho intramolecular Hbond substituents is 1. The molecular formula is C22H20BrClN4O3S. The number of thiazole rings is 1. The highest BCUT2D eigenvalue weighted by atomic mass is 79.9. The van der Waals surface area contributed by atoms with Crippen molar-refractivity contribution in [3.05, 3.63) is 71.8 Å². The Balaban J connectivity index is 1.81. The number of nitrogens with zero attached hydrogens (tertiary/aromatic N) is 4. The van der Waals surface area contributed by atoms with Gasteiger partial charge in [-0.25, -0.2) is 4.68 Å². The van der Waals surface area contributed by atoms with Crippen molar-refractivity contribution in [2.75, 3.05) is 0 Å². The number of phenols is 1. The zero-order valence-corrected chi connectivity index (χ0v) is 20.1. The summed E-state index contributed by atoms with van der Waals surface area (Å²) in [6, 6.07) is 10.7. The lowest BCUT2D eigenvalue weighted by Crippen LogP contribution is -2.19. The molecule has 2 aromatic carbocycles. The molecule has 10 heteroatoms. The average molecular weight is 536 g/mol. The van der Waals surface area contributed by atoms with E-state index in [1.807, 2.05) is 29.6 Å². The normalized spacial score (nSPS) is 15.5. The van der Waals surface area contributed by atoms with Gasteiger partial charge in [0, 0.05) is 32.1 Å². The largest absolute Gasteiger partial charge is 0.502 e. The Kier molecular flexibility index (Phi) is 7.07. The Bertz CT molecular complexity index is 1230. The number of halogens is 2. The smallest absolute Gasteiger partial charge is 0.312 e. The first-order valence-corrected chi connectivity index (χ1v) is 12.2. The molecule has 1 aromatic heterocycles. The number of benzene rings is 2. The van der Waals surface area contributed by atoms with Crippen LogP contribution < -0.4 is 4.80 Å². The Morgan fingerprint density at radius 3 is 2.62 bits per heavy atom. The lowest BCUT2D eigenvalue weighted by molar-refractivity contribution is -0.385. The molecule has 1 aliphatic rings. The first-order valence-electron chi connectivity index (χ1n) is 10.1. The molecule has 0 amide bonds. The maximum absolute atomic E-state index is 11.2. The van der Waals surface area contributed by atoms with Crippen LogP contribution in [0.5, 0.6) is 5.75 Å². The van der Waals surface area contributed by atoms with Crippen molar-refractivity contribution < 1.29 is 10.0 Å². The molecule has 1 N–H and O–H groups in total. The second-order valence-electron chi connectivity index (χ2n) is 7.51. The van der Waals surface area contributed by atoms with Gasteiger partial charge in [-0.2, -0.15) is 5.10 Å². The molecule has 4 rings (SSSR count). The molecule has 1 heterocycles. The van der Waals surface area contributed by atoms with Gasteiger partial charge in [0.1, 0.15) is 0 Å². The molecule has 1 aliphatic carbocycles. The van der Waals surface area contributed by atoms with Crippen molar-refractivity contribution in [3.63, 3.8) is 0 Å². The first kappa shape index (κ1) is 22.7. The summed E-state index contributed by atoms with van der Waals surface area (Å²) in [5.41, 5.74) is 1.49. The Morgan fingerprint density at radius 2 is 1.94 bits per heavy atom. The molecule has 0 aliphatic heterocycles. The molecule has 0 unspecified atom stereocenters. The van der Waals surface area contributed by atoms with Crippen LogP contribution in [0.1, 0.15) is 37.7 Å². The SMILES string of the molecule is O=[N+]([O-])c1cc(Cl)cc(C=Nn2c(-c3ccc(Br)cc3)csc2=NC2CCCCC2)c1O. The van der Waals surface area contributed by atoms with Gasteiger partial charge in [0.05, 0.1) is 22.9 Å². The number of aromatic hydroxyl groups is 1. The van der Waals surface area contributed by atoms with Crippen LogP contribution in [-0.4, -0.2) is 27.0 Å². The molecule has 1 saturated carbocycles. The monoisotopic (exact) mass is 534 g/mol. The molecule has 7 nitrogen and oxygen atoms in total. The summed E-state index contributed by atoms with van der Waals surface area (Å²) in [7, 11) is 0. The number of nitro groups is 1. The predicted molar refractivity (Wildman–Crippen MR) is 131 cm³/mol. The number of aromatic nitrogens is 1. The highest BCUT2D eigenvalue weighted by molar-refractivity contribution is 9.10. The van der Waals surface area contributed by atoms with Crippen molar-refractivity contribution in [2.45, 2.75) is 38.1 Å². The third kappa shape index (κ3) is 5.11. The van der Waals surface area contributed by atoms with E-state index in [-0.39, 0.29) is 16.6 Å². The van der Waals surface area contributed by atoms with E-state index in [0.717, 1.165) is 39.4 Å². The van der Waals surface area contributed by atoms with E-state index < -0.39 is 16.4 Å². The summed E-state index contributed by atoms with van der Waals surface area (Å²) in [5, 5.41) is 28.2. The molecule has 32 heavy (non-hydrogen) atoms. The molecule has 3 aromatic rings. The van der Waals surface area contributed by atoms with E-state index in [4.69, 9.17) is 16.6 Å². The zero-order chi connectivity index (χ0) is 22.7. The lowest BCUT2D eigenvalue weighted by atomic mass is 9.96. The zero-order valence-electron chi connectivity index (χ0n) is 16.9. The minimum atomic E-state index is -0.673. The van der Waals surface area contributed by atoms with Crippen molar-refractivity contribution in [3.8, 4) is 17.0 Å². The average Bonchev–Trinajstić information content (AvgIpc) is 3.17. The number of hydrogen-bond acceptors (Lipinski definition) is 6. The molecule has 0 bridgehead atoms. The molecule has 0 atom stereocenters. The number of rotatable bonds is 5. The maximum atomic E-state index is 11.2.